The maximum absolute atomic E-state index is 11.9. The van der Waals surface area contributed by atoms with Gasteiger partial charge >= 0.3 is 5.97 Å². The minimum Gasteiger partial charge on any atom is -0.457 e. The molecule has 3 aromatic rings. The number of cyclic esters (lactones) is 1. The second-order valence-electron chi connectivity index (χ2n) is 5.32. The molecule has 3 heterocycles. The third-order valence-electron chi connectivity index (χ3n) is 3.74. The largest absolute Gasteiger partial charge is 0.457 e. The lowest BCUT2D eigenvalue weighted by atomic mass is 10.0. The SMILES string of the molecule is CS(=O)(=O)c1ccc(-c2c(-c3nccs3)sc3c2COC3=O)cc1. The van der Waals surface area contributed by atoms with E-state index < -0.39 is 9.84 Å². The van der Waals surface area contributed by atoms with Crippen molar-refractivity contribution in [1.29, 1.82) is 0 Å². The predicted molar refractivity (Wildman–Crippen MR) is 93.1 cm³/mol. The zero-order valence-corrected chi connectivity index (χ0v) is 14.9. The molecule has 8 heteroatoms. The summed E-state index contributed by atoms with van der Waals surface area (Å²) in [6, 6.07) is 6.69. The molecule has 0 N–H and O–H groups in total. The van der Waals surface area contributed by atoms with E-state index in [1.807, 2.05) is 5.38 Å². The highest BCUT2D eigenvalue weighted by molar-refractivity contribution is 7.90. The van der Waals surface area contributed by atoms with Crippen molar-refractivity contribution in [3.8, 4) is 21.0 Å². The van der Waals surface area contributed by atoms with Gasteiger partial charge in [-0.15, -0.1) is 22.7 Å². The van der Waals surface area contributed by atoms with Crippen LogP contribution in [0.1, 0.15) is 15.2 Å². The van der Waals surface area contributed by atoms with Crippen molar-refractivity contribution >= 4 is 38.5 Å². The van der Waals surface area contributed by atoms with E-state index in [0.29, 0.717) is 4.88 Å². The first kappa shape index (κ1) is 15.5. The number of sulfone groups is 1. The number of hydrogen-bond acceptors (Lipinski definition) is 7. The number of thiazole rings is 1. The first-order valence-corrected chi connectivity index (χ1v) is 10.6. The number of carbonyl (C=O) groups is 1. The third-order valence-corrected chi connectivity index (χ3v) is 7.00. The van der Waals surface area contributed by atoms with E-state index in [2.05, 4.69) is 4.98 Å². The molecule has 0 saturated carbocycles. The van der Waals surface area contributed by atoms with E-state index in [4.69, 9.17) is 4.74 Å². The Bertz CT molecular complexity index is 1030. The van der Waals surface area contributed by atoms with Crippen LogP contribution in [0.5, 0.6) is 0 Å². The number of benzene rings is 1. The smallest absolute Gasteiger partial charge is 0.349 e. The van der Waals surface area contributed by atoms with Crippen LogP contribution in [0.25, 0.3) is 21.0 Å². The van der Waals surface area contributed by atoms with Gasteiger partial charge in [0.25, 0.3) is 0 Å². The number of rotatable bonds is 3. The number of thiophene rings is 1. The van der Waals surface area contributed by atoms with Gasteiger partial charge in [-0.2, -0.15) is 0 Å². The van der Waals surface area contributed by atoms with Gasteiger partial charge in [0.2, 0.25) is 0 Å². The van der Waals surface area contributed by atoms with Gasteiger partial charge in [0.15, 0.2) is 9.84 Å². The maximum Gasteiger partial charge on any atom is 0.349 e. The Labute approximate surface area is 146 Å². The summed E-state index contributed by atoms with van der Waals surface area (Å²) in [5.41, 5.74) is 2.60. The molecule has 24 heavy (non-hydrogen) atoms. The summed E-state index contributed by atoms with van der Waals surface area (Å²) < 4.78 is 28.4. The average Bonchev–Trinajstić information content (AvgIpc) is 3.24. The van der Waals surface area contributed by atoms with Gasteiger partial charge in [0.1, 0.15) is 16.5 Å². The summed E-state index contributed by atoms with van der Waals surface area (Å²) in [5.74, 6) is -0.313. The van der Waals surface area contributed by atoms with Crippen molar-refractivity contribution in [2.45, 2.75) is 11.5 Å². The molecular formula is C16H11NO4S3. The van der Waals surface area contributed by atoms with E-state index in [1.165, 1.54) is 28.9 Å². The van der Waals surface area contributed by atoms with E-state index in [1.54, 1.807) is 30.5 Å². The molecule has 0 aliphatic carbocycles. The van der Waals surface area contributed by atoms with Gasteiger partial charge < -0.3 is 4.74 Å². The van der Waals surface area contributed by atoms with E-state index in [-0.39, 0.29) is 17.5 Å². The predicted octanol–water partition coefficient (Wildman–Crippen LogP) is 3.61. The van der Waals surface area contributed by atoms with Gasteiger partial charge in [0.05, 0.1) is 9.77 Å². The van der Waals surface area contributed by atoms with E-state index >= 15 is 0 Å². The van der Waals surface area contributed by atoms with Crippen LogP contribution >= 0.6 is 22.7 Å². The molecule has 2 aromatic heterocycles. The molecule has 0 bridgehead atoms. The molecule has 1 aromatic carbocycles. The van der Waals surface area contributed by atoms with Crippen molar-refractivity contribution in [3.05, 3.63) is 46.3 Å². The molecule has 0 radical (unpaired) electrons. The maximum atomic E-state index is 11.9. The minimum atomic E-state index is -3.25. The molecule has 0 saturated heterocycles. The lowest BCUT2D eigenvalue weighted by Crippen LogP contribution is -1.96. The van der Waals surface area contributed by atoms with Crippen molar-refractivity contribution in [3.63, 3.8) is 0 Å². The van der Waals surface area contributed by atoms with Crippen LogP contribution in [0.3, 0.4) is 0 Å². The van der Waals surface area contributed by atoms with Crippen LogP contribution in [0.2, 0.25) is 0 Å². The molecule has 0 atom stereocenters. The van der Waals surface area contributed by atoms with Crippen LogP contribution in [0.15, 0.2) is 40.7 Å². The number of ether oxygens (including phenoxy) is 1. The lowest BCUT2D eigenvalue weighted by Gasteiger charge is -2.06. The zero-order chi connectivity index (χ0) is 16.9. The number of hydrogen-bond donors (Lipinski definition) is 0. The average molecular weight is 377 g/mol. The third kappa shape index (κ3) is 2.47. The second-order valence-corrected chi connectivity index (χ2v) is 9.25. The van der Waals surface area contributed by atoms with E-state index in [9.17, 15) is 13.2 Å². The highest BCUT2D eigenvalue weighted by Crippen LogP contribution is 2.46. The standard InChI is InChI=1S/C16H11NO4S3/c1-24(19,20)10-4-2-9(3-5-10)12-11-8-21-16(18)13(11)23-14(12)15-17-6-7-22-15/h2-7H,8H2,1H3. The topological polar surface area (TPSA) is 73.3 Å². The fourth-order valence-electron chi connectivity index (χ4n) is 2.63. The van der Waals surface area contributed by atoms with Crippen molar-refractivity contribution in [1.82, 2.24) is 4.98 Å². The first-order chi connectivity index (χ1) is 11.4. The number of esters is 1. The van der Waals surface area contributed by atoms with Crippen molar-refractivity contribution < 1.29 is 17.9 Å². The van der Waals surface area contributed by atoms with Gasteiger partial charge in [-0.25, -0.2) is 18.2 Å². The molecule has 0 spiro atoms. The van der Waals surface area contributed by atoms with Gasteiger partial charge in [-0.3, -0.25) is 0 Å². The van der Waals surface area contributed by atoms with Crippen molar-refractivity contribution in [2.24, 2.45) is 0 Å². The van der Waals surface area contributed by atoms with Crippen molar-refractivity contribution in [2.75, 3.05) is 6.26 Å². The number of aromatic nitrogens is 1. The molecular weight excluding hydrogens is 366 g/mol. The summed E-state index contributed by atoms with van der Waals surface area (Å²) >= 11 is 2.88. The van der Waals surface area contributed by atoms with Crippen LogP contribution < -0.4 is 0 Å². The van der Waals surface area contributed by atoms with Crippen LogP contribution in [0, 0.1) is 0 Å². The van der Waals surface area contributed by atoms with E-state index in [0.717, 1.165) is 26.6 Å². The Hall–Kier alpha value is -2.03. The summed E-state index contributed by atoms with van der Waals surface area (Å²) in [6.07, 6.45) is 2.90. The minimum absolute atomic E-state index is 0.235. The summed E-state index contributed by atoms with van der Waals surface area (Å²) in [6.45, 7) is 0.235. The zero-order valence-electron chi connectivity index (χ0n) is 12.5. The summed E-state index contributed by atoms with van der Waals surface area (Å²) in [4.78, 5) is 18.0. The highest BCUT2D eigenvalue weighted by atomic mass is 32.2. The highest BCUT2D eigenvalue weighted by Gasteiger charge is 2.31. The number of carbonyl (C=O) groups excluding carboxylic acids is 1. The molecule has 1 aliphatic heterocycles. The fourth-order valence-corrected chi connectivity index (χ4v) is 5.23. The Balaban J connectivity index is 1.91. The molecule has 5 nitrogen and oxygen atoms in total. The summed E-state index contributed by atoms with van der Waals surface area (Å²) in [7, 11) is -3.25. The number of fused-ring (bicyclic) bond motifs is 1. The Morgan fingerprint density at radius 3 is 2.54 bits per heavy atom. The lowest BCUT2D eigenvalue weighted by molar-refractivity contribution is 0.0538. The molecule has 4 rings (SSSR count). The monoisotopic (exact) mass is 377 g/mol. The molecule has 0 fully saturated rings. The Kier molecular flexibility index (Phi) is 3.56. The summed E-state index contributed by atoms with van der Waals surface area (Å²) in [5, 5.41) is 2.72. The Morgan fingerprint density at radius 1 is 1.17 bits per heavy atom. The molecule has 0 unspecified atom stereocenters. The number of nitrogens with zero attached hydrogens (tertiary/aromatic N) is 1. The van der Waals surface area contributed by atoms with Gasteiger partial charge in [-0.1, -0.05) is 12.1 Å². The van der Waals surface area contributed by atoms with Crippen LogP contribution in [0.4, 0.5) is 0 Å². The molecule has 1 aliphatic rings. The first-order valence-electron chi connectivity index (χ1n) is 6.98. The quantitative estimate of drug-likeness (QED) is 0.652. The van der Waals surface area contributed by atoms with Gasteiger partial charge in [-0.05, 0) is 17.7 Å². The fraction of sp³-hybridized carbons (Fsp3) is 0.125. The Morgan fingerprint density at radius 2 is 1.92 bits per heavy atom. The second kappa shape index (κ2) is 5.51. The molecule has 122 valence electrons. The van der Waals surface area contributed by atoms with Crippen LogP contribution in [-0.4, -0.2) is 25.6 Å². The van der Waals surface area contributed by atoms with Gasteiger partial charge in [0, 0.05) is 29.0 Å². The van der Waals surface area contributed by atoms with Crippen LogP contribution in [-0.2, 0) is 21.2 Å². The normalized spacial score (nSPS) is 13.8. The molecule has 0 amide bonds.